The van der Waals surface area contributed by atoms with Crippen LogP contribution in [0.15, 0.2) is 65.3 Å². The number of Topliss-reactive ketones (excluding diaryl/α,β-unsaturated/α-hetero) is 1. The van der Waals surface area contributed by atoms with Gasteiger partial charge >= 0.3 is 0 Å². The molecule has 1 atom stereocenters. The smallest absolute Gasteiger partial charge is 0.205 e. The van der Waals surface area contributed by atoms with Crippen molar-refractivity contribution in [2.75, 3.05) is 6.61 Å². The lowest BCUT2D eigenvalue weighted by Gasteiger charge is -2.31. The molecule has 32 heavy (non-hydrogen) atoms. The Labute approximate surface area is 191 Å². The molecule has 6 nitrogen and oxygen atoms in total. The molecular weight excluding hydrogens is 428 g/mol. The summed E-state index contributed by atoms with van der Waals surface area (Å²) < 4.78 is 17.5. The van der Waals surface area contributed by atoms with Crippen molar-refractivity contribution < 1.29 is 19.0 Å². The Bertz CT molecular complexity index is 1150. The highest BCUT2D eigenvalue weighted by molar-refractivity contribution is 6.30. The number of hydrogen-bond acceptors (Lipinski definition) is 6. The quantitative estimate of drug-likeness (QED) is 0.655. The maximum atomic E-state index is 12.8. The molecule has 1 heterocycles. The predicted molar refractivity (Wildman–Crippen MR) is 120 cm³/mol. The summed E-state index contributed by atoms with van der Waals surface area (Å²) >= 11 is 5.95. The third-order valence-electron chi connectivity index (χ3n) is 5.51. The van der Waals surface area contributed by atoms with Crippen molar-refractivity contribution in [1.29, 1.82) is 5.26 Å². The molecule has 1 aliphatic heterocycles. The average molecular weight is 451 g/mol. The molecule has 4 rings (SSSR count). The molecule has 7 heteroatoms. The van der Waals surface area contributed by atoms with Crippen molar-refractivity contribution in [3.63, 3.8) is 0 Å². The lowest BCUT2D eigenvalue weighted by atomic mass is 9.77. The molecule has 0 aromatic heterocycles. The normalized spacial score (nSPS) is 18.0. The largest absolute Gasteiger partial charge is 0.490 e. The minimum atomic E-state index is -0.582. The number of ketones is 1. The summed E-state index contributed by atoms with van der Waals surface area (Å²) in [7, 11) is 0. The first-order chi connectivity index (χ1) is 15.5. The average Bonchev–Trinajstić information content (AvgIpc) is 2.79. The topological polar surface area (TPSA) is 94.6 Å². The van der Waals surface area contributed by atoms with Crippen molar-refractivity contribution in [3.05, 3.63) is 81.4 Å². The first-order valence-corrected chi connectivity index (χ1v) is 10.9. The molecule has 1 aliphatic carbocycles. The second-order valence-corrected chi connectivity index (χ2v) is 8.03. The van der Waals surface area contributed by atoms with E-state index in [1.165, 1.54) is 0 Å². The van der Waals surface area contributed by atoms with Gasteiger partial charge in [0.25, 0.3) is 0 Å². The highest BCUT2D eigenvalue weighted by atomic mass is 35.5. The summed E-state index contributed by atoms with van der Waals surface area (Å²) in [6, 6.07) is 15.0. The Kier molecular flexibility index (Phi) is 6.38. The van der Waals surface area contributed by atoms with Crippen LogP contribution < -0.4 is 15.2 Å². The number of carbonyl (C=O) groups excluding carboxylic acids is 1. The molecule has 0 saturated heterocycles. The lowest BCUT2D eigenvalue weighted by molar-refractivity contribution is -0.116. The molecule has 2 aromatic rings. The van der Waals surface area contributed by atoms with Crippen LogP contribution in [-0.4, -0.2) is 12.4 Å². The first kappa shape index (κ1) is 21.8. The number of carbonyl (C=O) groups is 1. The van der Waals surface area contributed by atoms with Crippen LogP contribution in [0.2, 0.25) is 5.02 Å². The van der Waals surface area contributed by atoms with Crippen LogP contribution in [0.1, 0.15) is 43.2 Å². The van der Waals surface area contributed by atoms with Gasteiger partial charge in [-0.05, 0) is 48.7 Å². The maximum Gasteiger partial charge on any atom is 0.205 e. The maximum absolute atomic E-state index is 12.8. The SMILES string of the molecule is CCOc1cc([C@H]2C(C#N)=C(N)OC3=C2C(=O)CCC3)ccc1OCc1ccc(Cl)cc1. The number of ether oxygens (including phenoxy) is 3. The Morgan fingerprint density at radius 3 is 2.66 bits per heavy atom. The van der Waals surface area contributed by atoms with Gasteiger partial charge in [-0.25, -0.2) is 0 Å². The van der Waals surface area contributed by atoms with E-state index in [1.54, 1.807) is 6.07 Å². The summed E-state index contributed by atoms with van der Waals surface area (Å²) in [5.41, 5.74) is 8.49. The van der Waals surface area contributed by atoms with E-state index in [9.17, 15) is 10.1 Å². The molecule has 0 bridgehead atoms. The van der Waals surface area contributed by atoms with Crippen LogP contribution in [0.5, 0.6) is 11.5 Å². The van der Waals surface area contributed by atoms with Gasteiger partial charge in [0.15, 0.2) is 17.3 Å². The zero-order chi connectivity index (χ0) is 22.7. The lowest BCUT2D eigenvalue weighted by Crippen LogP contribution is -2.27. The fourth-order valence-corrected chi connectivity index (χ4v) is 4.15. The molecule has 0 unspecified atom stereocenters. The van der Waals surface area contributed by atoms with Crippen LogP contribution in [-0.2, 0) is 16.1 Å². The van der Waals surface area contributed by atoms with Gasteiger partial charge in [-0.2, -0.15) is 5.26 Å². The van der Waals surface area contributed by atoms with E-state index in [1.807, 2.05) is 43.3 Å². The number of allylic oxidation sites excluding steroid dienone is 3. The number of benzene rings is 2. The van der Waals surface area contributed by atoms with Crippen molar-refractivity contribution >= 4 is 17.4 Å². The van der Waals surface area contributed by atoms with Crippen molar-refractivity contribution in [2.24, 2.45) is 5.73 Å². The van der Waals surface area contributed by atoms with Gasteiger partial charge in [-0.15, -0.1) is 0 Å². The Morgan fingerprint density at radius 2 is 1.94 bits per heavy atom. The Morgan fingerprint density at radius 1 is 1.16 bits per heavy atom. The predicted octanol–water partition coefficient (Wildman–Crippen LogP) is 5.13. The summed E-state index contributed by atoms with van der Waals surface area (Å²) in [6.07, 6.45) is 1.76. The summed E-state index contributed by atoms with van der Waals surface area (Å²) in [5, 5.41) is 10.4. The Balaban J connectivity index is 1.69. The van der Waals surface area contributed by atoms with Gasteiger partial charge < -0.3 is 19.9 Å². The van der Waals surface area contributed by atoms with E-state index in [2.05, 4.69) is 6.07 Å². The van der Waals surface area contributed by atoms with E-state index < -0.39 is 5.92 Å². The van der Waals surface area contributed by atoms with Gasteiger partial charge in [0.05, 0.1) is 12.5 Å². The Hall–Kier alpha value is -3.43. The molecule has 0 spiro atoms. The van der Waals surface area contributed by atoms with Crippen molar-refractivity contribution in [2.45, 2.75) is 38.7 Å². The number of hydrogen-bond donors (Lipinski definition) is 1. The van der Waals surface area contributed by atoms with Crippen LogP contribution in [0.4, 0.5) is 0 Å². The highest BCUT2D eigenvalue weighted by Crippen LogP contribution is 2.45. The molecule has 2 aliphatic rings. The zero-order valence-corrected chi connectivity index (χ0v) is 18.4. The molecule has 0 fully saturated rings. The molecule has 0 amide bonds. The minimum Gasteiger partial charge on any atom is -0.490 e. The fourth-order valence-electron chi connectivity index (χ4n) is 4.02. The molecule has 0 radical (unpaired) electrons. The van der Waals surface area contributed by atoms with Crippen LogP contribution in [0.25, 0.3) is 0 Å². The third kappa shape index (κ3) is 4.30. The van der Waals surface area contributed by atoms with Crippen LogP contribution >= 0.6 is 11.6 Å². The van der Waals surface area contributed by atoms with E-state index >= 15 is 0 Å². The van der Waals surface area contributed by atoms with E-state index in [4.69, 9.17) is 31.5 Å². The standard InChI is InChI=1S/C25H23ClN2O4/c1-2-30-22-12-16(8-11-20(22)31-14-15-6-9-17(26)10-7-15)23-18(13-27)25(28)32-21-5-3-4-19(29)24(21)23/h6-12,23H,2-5,14,28H2,1H3/t23-/m0/s1. The monoisotopic (exact) mass is 450 g/mol. The van der Waals surface area contributed by atoms with E-state index in [0.29, 0.717) is 60.3 Å². The summed E-state index contributed by atoms with van der Waals surface area (Å²) in [5.74, 6) is 1.11. The number of nitrogens with two attached hydrogens (primary N) is 1. The van der Waals surface area contributed by atoms with Gasteiger partial charge in [-0.1, -0.05) is 29.8 Å². The fraction of sp³-hybridized carbons (Fsp3) is 0.280. The van der Waals surface area contributed by atoms with Crippen LogP contribution in [0.3, 0.4) is 0 Å². The summed E-state index contributed by atoms with van der Waals surface area (Å²) in [4.78, 5) is 12.8. The molecule has 0 saturated carbocycles. The van der Waals surface area contributed by atoms with Gasteiger partial charge in [0.2, 0.25) is 5.88 Å². The highest BCUT2D eigenvalue weighted by Gasteiger charge is 2.38. The van der Waals surface area contributed by atoms with Gasteiger partial charge in [0, 0.05) is 23.4 Å². The number of halogens is 1. The number of nitrogens with zero attached hydrogens (tertiary/aromatic N) is 1. The number of nitriles is 1. The number of rotatable bonds is 6. The molecule has 2 aromatic carbocycles. The zero-order valence-electron chi connectivity index (χ0n) is 17.7. The molecule has 164 valence electrons. The van der Waals surface area contributed by atoms with Crippen LogP contribution in [0, 0.1) is 11.3 Å². The second kappa shape index (κ2) is 9.37. The second-order valence-electron chi connectivity index (χ2n) is 7.59. The van der Waals surface area contributed by atoms with Crippen molar-refractivity contribution in [3.8, 4) is 17.6 Å². The molecular formula is C25H23ClN2O4. The van der Waals surface area contributed by atoms with Gasteiger partial charge in [-0.3, -0.25) is 4.79 Å². The minimum absolute atomic E-state index is 0.0162. The molecule has 2 N–H and O–H groups in total. The van der Waals surface area contributed by atoms with Crippen molar-refractivity contribution in [1.82, 2.24) is 0 Å². The van der Waals surface area contributed by atoms with Gasteiger partial charge in [0.1, 0.15) is 24.0 Å². The third-order valence-corrected chi connectivity index (χ3v) is 5.77. The first-order valence-electron chi connectivity index (χ1n) is 10.5. The summed E-state index contributed by atoms with van der Waals surface area (Å²) in [6.45, 7) is 2.66. The van der Waals surface area contributed by atoms with E-state index in [0.717, 1.165) is 11.1 Å². The van der Waals surface area contributed by atoms with E-state index in [-0.39, 0.29) is 17.2 Å².